The summed E-state index contributed by atoms with van der Waals surface area (Å²) < 4.78 is 0. The summed E-state index contributed by atoms with van der Waals surface area (Å²) in [6.07, 6.45) is 5.68. The van der Waals surface area contributed by atoms with Crippen molar-refractivity contribution >= 4 is 50.0 Å². The molecule has 2 nitrogen and oxygen atoms in total. The molecule has 0 amide bonds. The Kier molecular flexibility index (Phi) is 8.00. The zero-order valence-electron chi connectivity index (χ0n) is 25.6. The van der Waals surface area contributed by atoms with E-state index in [2.05, 4.69) is 187 Å². The molecule has 0 aliphatic rings. The lowest BCUT2D eigenvalue weighted by molar-refractivity contribution is 1.22. The average Bonchev–Trinajstić information content (AvgIpc) is 3.13. The van der Waals surface area contributed by atoms with E-state index in [1.54, 1.807) is 0 Å². The molecule has 0 N–H and O–H groups in total. The summed E-state index contributed by atoms with van der Waals surface area (Å²) in [5.41, 5.74) is 8.79. The molecule has 46 heavy (non-hydrogen) atoms. The first-order valence-corrected chi connectivity index (χ1v) is 15.5. The average molecular weight is 591 g/mol. The van der Waals surface area contributed by atoms with Crippen molar-refractivity contribution in [3.05, 3.63) is 201 Å². The fraction of sp³-hybridized carbons (Fsp3) is 0. The number of hydrogen-bond donors (Lipinski definition) is 0. The van der Waals surface area contributed by atoms with Gasteiger partial charge in [-0.1, -0.05) is 134 Å². The van der Waals surface area contributed by atoms with Crippen LogP contribution in [-0.2, 0) is 0 Å². The van der Waals surface area contributed by atoms with Crippen LogP contribution < -0.4 is 9.80 Å². The van der Waals surface area contributed by atoms with E-state index >= 15 is 0 Å². The van der Waals surface area contributed by atoms with Crippen LogP contribution in [0.15, 0.2) is 201 Å². The number of rotatable bonds is 9. The molecule has 7 aromatic carbocycles. The normalized spacial score (nSPS) is 11.3. The second-order valence-electron chi connectivity index (χ2n) is 11.1. The smallest absolute Gasteiger partial charge is 0.0540 e. The molecule has 7 aromatic rings. The summed E-state index contributed by atoms with van der Waals surface area (Å²) in [6.45, 7) is 8.07. The van der Waals surface area contributed by atoms with Crippen molar-refractivity contribution in [1.29, 1.82) is 0 Å². The van der Waals surface area contributed by atoms with Crippen molar-refractivity contribution in [3.8, 4) is 11.1 Å². The number of allylic oxidation sites excluding steroid dienone is 3. The van der Waals surface area contributed by atoms with Gasteiger partial charge in [-0.3, -0.25) is 0 Å². The van der Waals surface area contributed by atoms with Crippen LogP contribution in [0, 0.1) is 0 Å². The first-order chi connectivity index (χ1) is 22.7. The highest BCUT2D eigenvalue weighted by Crippen LogP contribution is 2.40. The fourth-order valence-corrected chi connectivity index (χ4v) is 6.20. The molecule has 0 fully saturated rings. The minimum Gasteiger partial charge on any atom is -0.310 e. The summed E-state index contributed by atoms with van der Waals surface area (Å²) in [7, 11) is 0. The standard InChI is InChI=1S/C44H34N2/c1-3-14-37(4-2)45(43-23-12-17-35-15-8-10-21-41(35)43)39-29-25-33(26-30-39)34-27-31-40(32-28-34)46(38-19-6-5-7-20-38)44-24-13-18-36-16-9-11-22-42(36)44/h3-32H,1-2H2. The van der Waals surface area contributed by atoms with E-state index in [0.29, 0.717) is 0 Å². The van der Waals surface area contributed by atoms with E-state index < -0.39 is 0 Å². The van der Waals surface area contributed by atoms with Gasteiger partial charge in [-0.2, -0.15) is 0 Å². The Morgan fingerprint density at radius 1 is 0.435 bits per heavy atom. The maximum atomic E-state index is 4.12. The van der Waals surface area contributed by atoms with E-state index in [-0.39, 0.29) is 0 Å². The van der Waals surface area contributed by atoms with Crippen molar-refractivity contribution in [2.75, 3.05) is 9.80 Å². The molecule has 7 rings (SSSR count). The predicted octanol–water partition coefficient (Wildman–Crippen LogP) is 12.5. The van der Waals surface area contributed by atoms with Gasteiger partial charge in [0.15, 0.2) is 0 Å². The first kappa shape index (κ1) is 28.6. The minimum absolute atomic E-state index is 0.956. The van der Waals surface area contributed by atoms with Crippen LogP contribution in [0.4, 0.5) is 28.4 Å². The Balaban J connectivity index is 1.26. The number of fused-ring (bicyclic) bond motifs is 2. The van der Waals surface area contributed by atoms with Gasteiger partial charge < -0.3 is 9.80 Å². The second kappa shape index (κ2) is 12.9. The summed E-state index contributed by atoms with van der Waals surface area (Å²) in [4.78, 5) is 4.58. The predicted molar refractivity (Wildman–Crippen MR) is 199 cm³/mol. The second-order valence-corrected chi connectivity index (χ2v) is 11.1. The van der Waals surface area contributed by atoms with Gasteiger partial charge in [0.2, 0.25) is 0 Å². The Morgan fingerprint density at radius 3 is 1.50 bits per heavy atom. The zero-order valence-corrected chi connectivity index (χ0v) is 25.6. The van der Waals surface area contributed by atoms with Crippen LogP contribution in [0.5, 0.6) is 0 Å². The lowest BCUT2D eigenvalue weighted by Gasteiger charge is -2.28. The van der Waals surface area contributed by atoms with E-state index in [9.17, 15) is 0 Å². The van der Waals surface area contributed by atoms with Gasteiger partial charge in [-0.05, 0) is 82.6 Å². The third kappa shape index (κ3) is 5.49. The fourth-order valence-electron chi connectivity index (χ4n) is 6.20. The van der Waals surface area contributed by atoms with E-state index in [0.717, 1.165) is 45.3 Å². The van der Waals surface area contributed by atoms with Gasteiger partial charge in [0.25, 0.3) is 0 Å². The summed E-state index contributed by atoms with van der Waals surface area (Å²) >= 11 is 0. The number of benzene rings is 7. The molecule has 0 aliphatic carbocycles. The highest BCUT2D eigenvalue weighted by atomic mass is 15.2. The monoisotopic (exact) mass is 590 g/mol. The van der Waals surface area contributed by atoms with Gasteiger partial charge in [-0.15, -0.1) is 0 Å². The maximum Gasteiger partial charge on any atom is 0.0540 e. The Morgan fingerprint density at radius 2 is 0.913 bits per heavy atom. The number of hydrogen-bond acceptors (Lipinski definition) is 2. The molecular formula is C44H34N2. The van der Waals surface area contributed by atoms with E-state index in [4.69, 9.17) is 0 Å². The third-order valence-electron chi connectivity index (χ3n) is 8.37. The molecule has 220 valence electrons. The summed E-state index contributed by atoms with van der Waals surface area (Å²) in [5.74, 6) is 0. The van der Waals surface area contributed by atoms with Crippen molar-refractivity contribution in [1.82, 2.24) is 0 Å². The summed E-state index contributed by atoms with van der Waals surface area (Å²) in [5, 5.41) is 4.80. The van der Waals surface area contributed by atoms with Crippen LogP contribution >= 0.6 is 0 Å². The van der Waals surface area contributed by atoms with Gasteiger partial charge >= 0.3 is 0 Å². The number of anilines is 5. The molecule has 0 bridgehead atoms. The van der Waals surface area contributed by atoms with Crippen LogP contribution in [0.3, 0.4) is 0 Å². The SMILES string of the molecule is C=CC=C(C=C)N(c1ccc(-c2ccc(N(c3ccccc3)c3cccc4ccccc34)cc2)cc1)c1cccc2ccccc12. The third-order valence-corrected chi connectivity index (χ3v) is 8.37. The zero-order chi connectivity index (χ0) is 31.3. The van der Waals surface area contributed by atoms with Crippen LogP contribution in [0.1, 0.15) is 0 Å². The number of para-hydroxylation sites is 1. The molecule has 0 spiro atoms. The lowest BCUT2D eigenvalue weighted by atomic mass is 10.0. The van der Waals surface area contributed by atoms with Gasteiger partial charge in [0.05, 0.1) is 11.4 Å². The molecule has 0 aliphatic heterocycles. The number of nitrogens with zero attached hydrogens (tertiary/aromatic N) is 2. The van der Waals surface area contributed by atoms with Crippen molar-refractivity contribution < 1.29 is 0 Å². The molecule has 0 heterocycles. The van der Waals surface area contributed by atoms with E-state index in [1.165, 1.54) is 21.5 Å². The van der Waals surface area contributed by atoms with Gasteiger partial charge in [0, 0.05) is 33.5 Å². The topological polar surface area (TPSA) is 6.48 Å². The largest absolute Gasteiger partial charge is 0.310 e. The van der Waals surface area contributed by atoms with Gasteiger partial charge in [-0.25, -0.2) is 0 Å². The lowest BCUT2D eigenvalue weighted by Crippen LogP contribution is -2.15. The molecule has 0 aromatic heterocycles. The van der Waals surface area contributed by atoms with Crippen molar-refractivity contribution in [2.45, 2.75) is 0 Å². The van der Waals surface area contributed by atoms with Crippen molar-refractivity contribution in [2.24, 2.45) is 0 Å². The molecule has 0 saturated heterocycles. The first-order valence-electron chi connectivity index (χ1n) is 15.5. The van der Waals surface area contributed by atoms with Crippen LogP contribution in [0.25, 0.3) is 32.7 Å². The molecule has 0 radical (unpaired) electrons. The minimum atomic E-state index is 0.956. The van der Waals surface area contributed by atoms with E-state index in [1.807, 2.05) is 18.2 Å². The Hall–Kier alpha value is -6.12. The highest BCUT2D eigenvalue weighted by Gasteiger charge is 2.17. The van der Waals surface area contributed by atoms with Crippen LogP contribution in [-0.4, -0.2) is 0 Å². The maximum absolute atomic E-state index is 4.12. The Labute approximate surface area is 271 Å². The van der Waals surface area contributed by atoms with Crippen molar-refractivity contribution in [3.63, 3.8) is 0 Å². The molecule has 0 saturated carbocycles. The Bertz CT molecular complexity index is 2160. The molecular weight excluding hydrogens is 556 g/mol. The molecule has 0 unspecified atom stereocenters. The highest BCUT2D eigenvalue weighted by molar-refractivity contribution is 5.99. The van der Waals surface area contributed by atoms with Crippen LogP contribution in [0.2, 0.25) is 0 Å². The van der Waals surface area contributed by atoms with Gasteiger partial charge in [0.1, 0.15) is 0 Å². The molecule has 0 atom stereocenters. The quantitative estimate of drug-likeness (QED) is 0.154. The molecule has 2 heteroatoms. The summed E-state index contributed by atoms with van der Waals surface area (Å²) in [6, 6.07) is 58.1.